The quantitative estimate of drug-likeness (QED) is 0.288. The van der Waals surface area contributed by atoms with Crippen LogP contribution in [0.2, 0.25) is 0 Å². The van der Waals surface area contributed by atoms with Gasteiger partial charge in [0.05, 0.1) is 6.61 Å². The Labute approximate surface area is 90.1 Å². The van der Waals surface area contributed by atoms with Gasteiger partial charge in [0.15, 0.2) is 6.29 Å². The van der Waals surface area contributed by atoms with Crippen LogP contribution in [0.1, 0.15) is 0 Å². The standard InChI is InChI=1S/C6H13O9P/c7-2(1-14-16(11,12)13)5-3(8)4(9)6(10)15-5/h2-10H,1H2,(H2,11,12,13)/t2-,3-,4-,5+,6-/m1/s1. The third kappa shape index (κ3) is 3.45. The minimum absolute atomic E-state index is 0.800. The van der Waals surface area contributed by atoms with Crippen LogP contribution in [0.3, 0.4) is 0 Å². The molecule has 0 amide bonds. The number of ether oxygens (including phenoxy) is 1. The molecule has 0 aromatic carbocycles. The SMILES string of the molecule is O=P(O)(O)OC[C@@H](O)[C@@H]1O[C@@H](O)[C@H](O)[C@H]1O. The summed E-state index contributed by atoms with van der Waals surface area (Å²) in [5, 5.41) is 36.7. The summed E-state index contributed by atoms with van der Waals surface area (Å²) < 4.78 is 18.9. The Kier molecular flexibility index (Phi) is 4.41. The molecule has 10 heteroatoms. The molecule has 0 aromatic heterocycles. The molecule has 0 radical (unpaired) electrons. The van der Waals surface area contributed by atoms with E-state index in [1.807, 2.05) is 0 Å². The Morgan fingerprint density at radius 1 is 1.25 bits per heavy atom. The molecule has 0 unspecified atom stereocenters. The van der Waals surface area contributed by atoms with Crippen LogP contribution >= 0.6 is 7.82 Å². The lowest BCUT2D eigenvalue weighted by atomic mass is 10.1. The van der Waals surface area contributed by atoms with Gasteiger partial charge in [-0.3, -0.25) is 4.52 Å². The summed E-state index contributed by atoms with van der Waals surface area (Å²) >= 11 is 0. The van der Waals surface area contributed by atoms with Crippen molar-refractivity contribution in [1.82, 2.24) is 0 Å². The van der Waals surface area contributed by atoms with Crippen LogP contribution in [0.5, 0.6) is 0 Å². The second-order valence-corrected chi connectivity index (χ2v) is 4.57. The fraction of sp³-hybridized carbons (Fsp3) is 1.00. The van der Waals surface area contributed by atoms with Crippen LogP contribution in [-0.4, -0.2) is 67.5 Å². The average Bonchev–Trinajstić information content (AvgIpc) is 2.41. The van der Waals surface area contributed by atoms with Crippen molar-refractivity contribution in [1.29, 1.82) is 0 Å². The second kappa shape index (κ2) is 5.05. The molecule has 0 aliphatic carbocycles. The van der Waals surface area contributed by atoms with Crippen molar-refractivity contribution < 1.29 is 44.0 Å². The third-order valence-corrected chi connectivity index (χ3v) is 2.55. The average molecular weight is 260 g/mol. The van der Waals surface area contributed by atoms with Gasteiger partial charge in [-0.25, -0.2) is 4.57 Å². The van der Waals surface area contributed by atoms with Gasteiger partial charge in [-0.05, 0) is 0 Å². The van der Waals surface area contributed by atoms with E-state index in [9.17, 15) is 14.8 Å². The Balaban J connectivity index is 2.49. The van der Waals surface area contributed by atoms with Gasteiger partial charge in [0.25, 0.3) is 0 Å². The number of phosphoric ester groups is 1. The van der Waals surface area contributed by atoms with Crippen molar-refractivity contribution in [2.24, 2.45) is 0 Å². The summed E-state index contributed by atoms with van der Waals surface area (Å²) in [7, 11) is -4.73. The molecule has 5 atom stereocenters. The number of hydrogen-bond acceptors (Lipinski definition) is 7. The van der Waals surface area contributed by atoms with E-state index in [1.165, 1.54) is 0 Å². The van der Waals surface area contributed by atoms with Crippen LogP contribution in [0.15, 0.2) is 0 Å². The maximum absolute atomic E-state index is 10.3. The predicted molar refractivity (Wildman–Crippen MR) is 46.9 cm³/mol. The zero-order chi connectivity index (χ0) is 12.5. The molecule has 0 aromatic rings. The molecule has 1 aliphatic rings. The zero-order valence-corrected chi connectivity index (χ0v) is 8.84. The van der Waals surface area contributed by atoms with Gasteiger partial charge in [0, 0.05) is 0 Å². The summed E-state index contributed by atoms with van der Waals surface area (Å²) in [5.74, 6) is 0. The monoisotopic (exact) mass is 260 g/mol. The highest BCUT2D eigenvalue weighted by molar-refractivity contribution is 7.46. The summed E-state index contributed by atoms with van der Waals surface area (Å²) in [6.07, 6.45) is -7.78. The van der Waals surface area contributed by atoms with Crippen LogP contribution < -0.4 is 0 Å². The van der Waals surface area contributed by atoms with Crippen molar-refractivity contribution in [2.75, 3.05) is 6.61 Å². The predicted octanol–water partition coefficient (Wildman–Crippen LogP) is -3.10. The van der Waals surface area contributed by atoms with E-state index >= 15 is 0 Å². The highest BCUT2D eigenvalue weighted by Gasteiger charge is 2.45. The largest absolute Gasteiger partial charge is 0.469 e. The molecule has 6 N–H and O–H groups in total. The number of phosphoric acid groups is 1. The lowest BCUT2D eigenvalue weighted by Gasteiger charge is -2.20. The molecular formula is C6H13O9P. The van der Waals surface area contributed by atoms with Gasteiger partial charge in [0.1, 0.15) is 24.4 Å². The van der Waals surface area contributed by atoms with Crippen LogP contribution in [0, 0.1) is 0 Å². The highest BCUT2D eigenvalue weighted by atomic mass is 31.2. The molecule has 1 fully saturated rings. The summed E-state index contributed by atoms with van der Waals surface area (Å²) in [6, 6.07) is 0. The fourth-order valence-corrected chi connectivity index (χ4v) is 1.62. The topological polar surface area (TPSA) is 157 Å². The van der Waals surface area contributed by atoms with Gasteiger partial charge in [-0.15, -0.1) is 0 Å². The summed E-state index contributed by atoms with van der Waals surface area (Å²) in [6.45, 7) is -0.800. The number of aliphatic hydroxyl groups is 4. The van der Waals surface area contributed by atoms with Crippen molar-refractivity contribution >= 4 is 7.82 Å². The Bertz CT molecular complexity index is 277. The number of hydrogen-bond donors (Lipinski definition) is 6. The molecule has 0 saturated carbocycles. The molecular weight excluding hydrogens is 247 g/mol. The molecule has 1 heterocycles. The summed E-state index contributed by atoms with van der Waals surface area (Å²) in [5.41, 5.74) is 0. The van der Waals surface area contributed by atoms with Crippen LogP contribution in [0.25, 0.3) is 0 Å². The number of aliphatic hydroxyl groups excluding tert-OH is 4. The Morgan fingerprint density at radius 3 is 2.19 bits per heavy atom. The van der Waals surface area contributed by atoms with Gasteiger partial charge in [0.2, 0.25) is 0 Å². The maximum Gasteiger partial charge on any atom is 0.469 e. The molecule has 1 saturated heterocycles. The lowest BCUT2D eigenvalue weighted by molar-refractivity contribution is -0.149. The van der Waals surface area contributed by atoms with Crippen LogP contribution in [0.4, 0.5) is 0 Å². The molecule has 0 bridgehead atoms. The van der Waals surface area contributed by atoms with Crippen LogP contribution in [-0.2, 0) is 13.8 Å². The van der Waals surface area contributed by atoms with Gasteiger partial charge in [-0.1, -0.05) is 0 Å². The smallest absolute Gasteiger partial charge is 0.388 e. The zero-order valence-electron chi connectivity index (χ0n) is 7.95. The lowest BCUT2D eigenvalue weighted by Crippen LogP contribution is -2.40. The van der Waals surface area contributed by atoms with E-state index in [2.05, 4.69) is 9.26 Å². The van der Waals surface area contributed by atoms with Crippen molar-refractivity contribution in [3.8, 4) is 0 Å². The van der Waals surface area contributed by atoms with Gasteiger partial charge in [-0.2, -0.15) is 0 Å². The Morgan fingerprint density at radius 2 is 1.81 bits per heavy atom. The maximum atomic E-state index is 10.3. The van der Waals surface area contributed by atoms with Crippen molar-refractivity contribution in [3.63, 3.8) is 0 Å². The third-order valence-electron chi connectivity index (χ3n) is 2.07. The highest BCUT2D eigenvalue weighted by Crippen LogP contribution is 2.36. The molecule has 16 heavy (non-hydrogen) atoms. The van der Waals surface area contributed by atoms with E-state index in [4.69, 9.17) is 20.0 Å². The molecule has 1 aliphatic heterocycles. The van der Waals surface area contributed by atoms with Gasteiger partial charge < -0.3 is 34.9 Å². The molecule has 96 valence electrons. The van der Waals surface area contributed by atoms with E-state index in [-0.39, 0.29) is 0 Å². The van der Waals surface area contributed by atoms with E-state index in [0.717, 1.165) is 0 Å². The van der Waals surface area contributed by atoms with Crippen molar-refractivity contribution in [2.45, 2.75) is 30.7 Å². The first-order valence-corrected chi connectivity index (χ1v) is 5.83. The normalized spacial score (nSPS) is 37.6. The van der Waals surface area contributed by atoms with E-state index < -0.39 is 45.1 Å². The molecule has 9 nitrogen and oxygen atoms in total. The van der Waals surface area contributed by atoms with Crippen molar-refractivity contribution in [3.05, 3.63) is 0 Å². The fourth-order valence-electron chi connectivity index (χ4n) is 1.27. The molecule has 1 rings (SSSR count). The Hall–Kier alpha value is -0.0900. The van der Waals surface area contributed by atoms with E-state index in [1.54, 1.807) is 0 Å². The molecule has 0 spiro atoms. The second-order valence-electron chi connectivity index (χ2n) is 3.33. The minimum Gasteiger partial charge on any atom is -0.388 e. The number of rotatable bonds is 4. The van der Waals surface area contributed by atoms with Gasteiger partial charge >= 0.3 is 7.82 Å². The van der Waals surface area contributed by atoms with E-state index in [0.29, 0.717) is 0 Å². The first kappa shape index (κ1) is 14.0. The first-order chi connectivity index (χ1) is 7.22. The first-order valence-electron chi connectivity index (χ1n) is 4.30. The minimum atomic E-state index is -4.73. The summed E-state index contributed by atoms with van der Waals surface area (Å²) in [4.78, 5) is 16.7.